The molecule has 1 aliphatic rings. The van der Waals surface area contributed by atoms with Crippen LogP contribution >= 0.6 is 0 Å². The molecule has 128 valence electrons. The molecular formula is C16H20N4O4. The van der Waals surface area contributed by atoms with Crippen molar-refractivity contribution in [2.24, 2.45) is 0 Å². The summed E-state index contributed by atoms with van der Waals surface area (Å²) in [5.74, 6) is 1.27. The van der Waals surface area contributed by atoms with Crippen molar-refractivity contribution in [3.63, 3.8) is 0 Å². The second-order valence-electron chi connectivity index (χ2n) is 5.73. The van der Waals surface area contributed by atoms with Gasteiger partial charge in [0.05, 0.1) is 6.26 Å². The van der Waals surface area contributed by atoms with Crippen LogP contribution in [0, 0.1) is 6.92 Å². The zero-order valence-corrected chi connectivity index (χ0v) is 13.5. The first kappa shape index (κ1) is 16.3. The van der Waals surface area contributed by atoms with Crippen molar-refractivity contribution in [1.29, 1.82) is 0 Å². The fraction of sp³-hybridized carbons (Fsp3) is 0.438. The Morgan fingerprint density at radius 3 is 2.71 bits per heavy atom. The minimum Gasteiger partial charge on any atom is -0.459 e. The van der Waals surface area contributed by atoms with E-state index in [2.05, 4.69) is 15.4 Å². The van der Waals surface area contributed by atoms with Gasteiger partial charge in [0.1, 0.15) is 5.76 Å². The first-order valence-corrected chi connectivity index (χ1v) is 7.90. The molecule has 0 spiro atoms. The topological polar surface area (TPSA) is 91.8 Å². The van der Waals surface area contributed by atoms with Crippen LogP contribution in [0.1, 0.15) is 22.7 Å². The van der Waals surface area contributed by atoms with Crippen molar-refractivity contribution in [1.82, 2.24) is 15.0 Å². The van der Waals surface area contributed by atoms with Crippen molar-refractivity contribution < 1.29 is 18.5 Å². The summed E-state index contributed by atoms with van der Waals surface area (Å²) >= 11 is 0. The Morgan fingerprint density at radius 2 is 2.08 bits per heavy atom. The lowest BCUT2D eigenvalue weighted by Gasteiger charge is -2.34. The molecule has 0 saturated carbocycles. The van der Waals surface area contributed by atoms with Crippen LogP contribution in [-0.4, -0.2) is 59.5 Å². The van der Waals surface area contributed by atoms with Gasteiger partial charge in [0.25, 0.3) is 5.91 Å². The number of rotatable bonds is 5. The smallest absolute Gasteiger partial charge is 0.289 e. The van der Waals surface area contributed by atoms with Crippen LogP contribution < -0.4 is 5.32 Å². The number of hydrogen-bond acceptors (Lipinski definition) is 6. The number of nitrogens with one attached hydrogen (secondary N) is 1. The summed E-state index contributed by atoms with van der Waals surface area (Å²) in [5.41, 5.74) is 0. The molecular weight excluding hydrogens is 312 g/mol. The highest BCUT2D eigenvalue weighted by Gasteiger charge is 2.23. The molecule has 8 heteroatoms. The monoisotopic (exact) mass is 332 g/mol. The Hall–Kier alpha value is -2.61. The highest BCUT2D eigenvalue weighted by Crippen LogP contribution is 2.10. The molecule has 0 radical (unpaired) electrons. The predicted octanol–water partition coefficient (Wildman–Crippen LogP) is 1.36. The quantitative estimate of drug-likeness (QED) is 0.889. The molecule has 2 aromatic rings. The summed E-state index contributed by atoms with van der Waals surface area (Å²) in [4.78, 5) is 28.0. The van der Waals surface area contributed by atoms with Gasteiger partial charge in [-0.25, -0.2) is 0 Å². The van der Waals surface area contributed by atoms with Gasteiger partial charge < -0.3 is 19.2 Å². The van der Waals surface area contributed by atoms with Crippen molar-refractivity contribution in [3.05, 3.63) is 36.0 Å². The van der Waals surface area contributed by atoms with Gasteiger partial charge in [-0.3, -0.25) is 14.5 Å². The molecule has 2 amide bonds. The van der Waals surface area contributed by atoms with Crippen molar-refractivity contribution in [2.75, 3.05) is 38.0 Å². The number of anilines is 1. The number of amides is 2. The number of piperazine rings is 1. The first-order chi connectivity index (χ1) is 11.6. The molecule has 1 fully saturated rings. The number of nitrogens with zero attached hydrogens (tertiary/aromatic N) is 3. The van der Waals surface area contributed by atoms with E-state index in [0.29, 0.717) is 43.4 Å². The molecule has 0 aromatic carbocycles. The average molecular weight is 332 g/mol. The van der Waals surface area contributed by atoms with E-state index in [1.54, 1.807) is 30.0 Å². The highest BCUT2D eigenvalue weighted by atomic mass is 16.5. The molecule has 3 rings (SSSR count). The minimum absolute atomic E-state index is 0.0844. The van der Waals surface area contributed by atoms with Gasteiger partial charge in [0.15, 0.2) is 11.6 Å². The number of aryl methyl sites for hydroxylation is 1. The normalized spacial score (nSPS) is 15.5. The fourth-order valence-corrected chi connectivity index (χ4v) is 2.62. The Labute approximate surface area is 139 Å². The number of furan rings is 1. The van der Waals surface area contributed by atoms with E-state index in [9.17, 15) is 9.59 Å². The molecule has 0 atom stereocenters. The molecule has 2 aromatic heterocycles. The summed E-state index contributed by atoms with van der Waals surface area (Å²) in [5, 5.41) is 6.43. The lowest BCUT2D eigenvalue weighted by molar-refractivity contribution is -0.116. The fourth-order valence-electron chi connectivity index (χ4n) is 2.62. The molecule has 1 aliphatic heterocycles. The summed E-state index contributed by atoms with van der Waals surface area (Å²) in [6.45, 7) is 5.15. The number of carbonyl (C=O) groups excluding carboxylic acids is 2. The maximum Gasteiger partial charge on any atom is 0.289 e. The maximum absolute atomic E-state index is 12.2. The van der Waals surface area contributed by atoms with E-state index >= 15 is 0 Å². The average Bonchev–Trinajstić information content (AvgIpc) is 3.25. The van der Waals surface area contributed by atoms with Crippen molar-refractivity contribution in [3.8, 4) is 0 Å². The van der Waals surface area contributed by atoms with Gasteiger partial charge in [0.2, 0.25) is 5.91 Å². The van der Waals surface area contributed by atoms with E-state index in [4.69, 9.17) is 8.94 Å². The lowest BCUT2D eigenvalue weighted by Crippen LogP contribution is -2.49. The van der Waals surface area contributed by atoms with Crippen molar-refractivity contribution >= 4 is 17.6 Å². The van der Waals surface area contributed by atoms with Gasteiger partial charge in [-0.1, -0.05) is 5.16 Å². The minimum atomic E-state index is -0.0996. The van der Waals surface area contributed by atoms with E-state index in [1.165, 1.54) is 6.26 Å². The third kappa shape index (κ3) is 4.02. The molecule has 1 saturated heterocycles. The largest absolute Gasteiger partial charge is 0.459 e. The predicted molar refractivity (Wildman–Crippen MR) is 85.5 cm³/mol. The second kappa shape index (κ2) is 7.31. The van der Waals surface area contributed by atoms with E-state index in [1.807, 2.05) is 0 Å². The molecule has 1 N–H and O–H groups in total. The molecule has 24 heavy (non-hydrogen) atoms. The standard InChI is InChI=1S/C16H20N4O4/c1-12-11-14(18-24-12)17-15(21)4-5-19-6-8-20(9-7-19)16(22)13-3-2-10-23-13/h2-3,10-11H,4-9H2,1H3,(H,17,18,21). The summed E-state index contributed by atoms with van der Waals surface area (Å²) in [6.07, 6.45) is 1.87. The van der Waals surface area contributed by atoms with Gasteiger partial charge >= 0.3 is 0 Å². The highest BCUT2D eigenvalue weighted by molar-refractivity contribution is 5.91. The van der Waals surface area contributed by atoms with Crippen LogP contribution in [0.15, 0.2) is 33.4 Å². The zero-order valence-electron chi connectivity index (χ0n) is 13.5. The van der Waals surface area contributed by atoms with Crippen LogP contribution in [0.3, 0.4) is 0 Å². The zero-order chi connectivity index (χ0) is 16.9. The molecule has 0 bridgehead atoms. The third-order valence-electron chi connectivity index (χ3n) is 3.94. The number of hydrogen-bond donors (Lipinski definition) is 1. The van der Waals surface area contributed by atoms with Crippen LogP contribution in [-0.2, 0) is 4.79 Å². The lowest BCUT2D eigenvalue weighted by atomic mass is 10.2. The number of carbonyl (C=O) groups is 2. The van der Waals surface area contributed by atoms with Crippen LogP contribution in [0.4, 0.5) is 5.82 Å². The summed E-state index contributed by atoms with van der Waals surface area (Å²) < 4.78 is 10.0. The second-order valence-corrected chi connectivity index (χ2v) is 5.73. The van der Waals surface area contributed by atoms with Crippen molar-refractivity contribution in [2.45, 2.75) is 13.3 Å². The molecule has 0 aliphatic carbocycles. The Bertz CT molecular complexity index is 687. The Kier molecular flexibility index (Phi) is 4.95. The molecule has 0 unspecified atom stereocenters. The number of aromatic nitrogens is 1. The van der Waals surface area contributed by atoms with Gasteiger partial charge in [-0.2, -0.15) is 0 Å². The molecule has 3 heterocycles. The Morgan fingerprint density at radius 1 is 1.29 bits per heavy atom. The van der Waals surface area contributed by atoms with E-state index < -0.39 is 0 Å². The first-order valence-electron chi connectivity index (χ1n) is 7.90. The SMILES string of the molecule is Cc1cc(NC(=O)CCN2CCN(C(=O)c3ccco3)CC2)no1. The van der Waals surface area contributed by atoms with Gasteiger partial charge in [-0.15, -0.1) is 0 Å². The third-order valence-corrected chi connectivity index (χ3v) is 3.94. The summed E-state index contributed by atoms with van der Waals surface area (Å²) in [7, 11) is 0. The van der Waals surface area contributed by atoms with Gasteiger partial charge in [-0.05, 0) is 19.1 Å². The van der Waals surface area contributed by atoms with E-state index in [-0.39, 0.29) is 11.8 Å². The van der Waals surface area contributed by atoms with Crippen LogP contribution in [0.5, 0.6) is 0 Å². The maximum atomic E-state index is 12.2. The van der Waals surface area contributed by atoms with E-state index in [0.717, 1.165) is 13.1 Å². The Balaban J connectivity index is 1.39. The summed E-state index contributed by atoms with van der Waals surface area (Å²) in [6, 6.07) is 5.06. The van der Waals surface area contributed by atoms with Crippen LogP contribution in [0.25, 0.3) is 0 Å². The molecule has 8 nitrogen and oxygen atoms in total. The van der Waals surface area contributed by atoms with Gasteiger partial charge in [0, 0.05) is 45.2 Å². The van der Waals surface area contributed by atoms with Crippen LogP contribution in [0.2, 0.25) is 0 Å².